The lowest BCUT2D eigenvalue weighted by Crippen LogP contribution is -2.24. The molecule has 0 saturated heterocycles. The van der Waals surface area contributed by atoms with Crippen LogP contribution in [0.25, 0.3) is 0 Å². The largest absolute Gasteiger partial charge is 0.296 e. The molecule has 14 heavy (non-hydrogen) atoms. The summed E-state index contributed by atoms with van der Waals surface area (Å²) in [5, 5.41) is 0.592. The van der Waals surface area contributed by atoms with E-state index in [1.807, 2.05) is 12.1 Å². The van der Waals surface area contributed by atoms with Crippen molar-refractivity contribution in [3.05, 3.63) is 29.0 Å². The average Bonchev–Trinajstić information content (AvgIpc) is 2.97. The standard InChI is InChI=1S/C11H15ClN2/c1-2-14(10-3-4-10)8-9-5-6-13-11(12)7-9/h5-7,10H,2-4,8H2,1H3. The summed E-state index contributed by atoms with van der Waals surface area (Å²) in [4.78, 5) is 6.47. The maximum atomic E-state index is 5.84. The molecule has 0 unspecified atom stereocenters. The fourth-order valence-corrected chi connectivity index (χ4v) is 1.91. The van der Waals surface area contributed by atoms with E-state index in [0.29, 0.717) is 5.15 Å². The number of nitrogens with zero attached hydrogens (tertiary/aromatic N) is 2. The fourth-order valence-electron chi connectivity index (χ4n) is 1.71. The van der Waals surface area contributed by atoms with Gasteiger partial charge in [0.2, 0.25) is 0 Å². The van der Waals surface area contributed by atoms with Crippen LogP contribution in [0.15, 0.2) is 18.3 Å². The predicted molar refractivity (Wildman–Crippen MR) is 58.4 cm³/mol. The number of rotatable bonds is 4. The minimum absolute atomic E-state index is 0.592. The van der Waals surface area contributed by atoms with Gasteiger partial charge < -0.3 is 0 Å². The lowest BCUT2D eigenvalue weighted by molar-refractivity contribution is 0.269. The molecule has 0 spiro atoms. The second-order valence-corrected chi connectivity index (χ2v) is 4.17. The summed E-state index contributed by atoms with van der Waals surface area (Å²) >= 11 is 5.84. The molecular formula is C11H15ClN2. The van der Waals surface area contributed by atoms with Crippen LogP contribution in [0.2, 0.25) is 5.15 Å². The summed E-state index contributed by atoms with van der Waals surface area (Å²) in [5.74, 6) is 0. The first-order valence-electron chi connectivity index (χ1n) is 5.14. The first-order valence-corrected chi connectivity index (χ1v) is 5.52. The molecule has 0 amide bonds. The Morgan fingerprint density at radius 1 is 1.57 bits per heavy atom. The van der Waals surface area contributed by atoms with Crippen molar-refractivity contribution < 1.29 is 0 Å². The minimum Gasteiger partial charge on any atom is -0.296 e. The quantitative estimate of drug-likeness (QED) is 0.711. The first-order chi connectivity index (χ1) is 6.79. The van der Waals surface area contributed by atoms with Gasteiger partial charge in [-0.05, 0) is 37.1 Å². The van der Waals surface area contributed by atoms with Crippen LogP contribution in [0.3, 0.4) is 0 Å². The predicted octanol–water partition coefficient (Wildman–Crippen LogP) is 2.72. The van der Waals surface area contributed by atoms with Crippen LogP contribution in [0.1, 0.15) is 25.3 Å². The van der Waals surface area contributed by atoms with Gasteiger partial charge >= 0.3 is 0 Å². The molecule has 1 aromatic heterocycles. The summed E-state index contributed by atoms with van der Waals surface area (Å²) in [6.45, 7) is 4.33. The summed E-state index contributed by atoms with van der Waals surface area (Å²) in [7, 11) is 0. The highest BCUT2D eigenvalue weighted by Gasteiger charge is 2.27. The number of hydrogen-bond donors (Lipinski definition) is 0. The van der Waals surface area contributed by atoms with Crippen molar-refractivity contribution in [2.24, 2.45) is 0 Å². The number of pyridine rings is 1. The Labute approximate surface area is 89.9 Å². The third-order valence-corrected chi connectivity index (χ3v) is 2.85. The lowest BCUT2D eigenvalue weighted by atomic mass is 10.2. The zero-order valence-electron chi connectivity index (χ0n) is 8.41. The van der Waals surface area contributed by atoms with Gasteiger partial charge in [0, 0.05) is 18.8 Å². The van der Waals surface area contributed by atoms with Crippen molar-refractivity contribution >= 4 is 11.6 Å². The molecular weight excluding hydrogens is 196 g/mol. The van der Waals surface area contributed by atoms with E-state index in [9.17, 15) is 0 Å². The average molecular weight is 211 g/mol. The molecule has 3 heteroatoms. The van der Waals surface area contributed by atoms with Crippen molar-refractivity contribution in [2.45, 2.75) is 32.4 Å². The summed E-state index contributed by atoms with van der Waals surface area (Å²) < 4.78 is 0. The molecule has 0 radical (unpaired) electrons. The van der Waals surface area contributed by atoms with E-state index in [0.717, 1.165) is 19.1 Å². The molecule has 0 N–H and O–H groups in total. The van der Waals surface area contributed by atoms with Gasteiger partial charge in [-0.3, -0.25) is 4.90 Å². The molecule has 1 fully saturated rings. The Bertz CT molecular complexity index is 310. The maximum absolute atomic E-state index is 5.84. The number of halogens is 1. The third kappa shape index (κ3) is 2.46. The molecule has 0 atom stereocenters. The fraction of sp³-hybridized carbons (Fsp3) is 0.545. The number of aromatic nitrogens is 1. The Hall–Kier alpha value is -0.600. The van der Waals surface area contributed by atoms with Gasteiger partial charge in [-0.1, -0.05) is 18.5 Å². The molecule has 1 saturated carbocycles. The second-order valence-electron chi connectivity index (χ2n) is 3.78. The molecule has 2 nitrogen and oxygen atoms in total. The van der Waals surface area contributed by atoms with Crippen molar-refractivity contribution in [1.29, 1.82) is 0 Å². The molecule has 1 heterocycles. The number of hydrogen-bond acceptors (Lipinski definition) is 2. The van der Waals surface area contributed by atoms with E-state index in [-0.39, 0.29) is 0 Å². The van der Waals surface area contributed by atoms with E-state index in [1.54, 1.807) is 6.20 Å². The van der Waals surface area contributed by atoms with Crippen LogP contribution in [0, 0.1) is 0 Å². The van der Waals surface area contributed by atoms with Crippen LogP contribution < -0.4 is 0 Å². The summed E-state index contributed by atoms with van der Waals surface area (Å²) in [5.41, 5.74) is 1.26. The topological polar surface area (TPSA) is 16.1 Å². The lowest BCUT2D eigenvalue weighted by Gasteiger charge is -2.19. The monoisotopic (exact) mass is 210 g/mol. The highest BCUT2D eigenvalue weighted by atomic mass is 35.5. The second kappa shape index (κ2) is 4.28. The first kappa shape index (κ1) is 9.94. The van der Waals surface area contributed by atoms with Crippen molar-refractivity contribution in [3.63, 3.8) is 0 Å². The summed E-state index contributed by atoms with van der Waals surface area (Å²) in [6.07, 6.45) is 4.48. The minimum atomic E-state index is 0.592. The van der Waals surface area contributed by atoms with E-state index >= 15 is 0 Å². The molecule has 0 bridgehead atoms. The van der Waals surface area contributed by atoms with Crippen LogP contribution in [-0.4, -0.2) is 22.5 Å². The van der Waals surface area contributed by atoms with E-state index in [1.165, 1.54) is 18.4 Å². The maximum Gasteiger partial charge on any atom is 0.129 e. The highest BCUT2D eigenvalue weighted by molar-refractivity contribution is 6.29. The normalized spacial score (nSPS) is 16.2. The highest BCUT2D eigenvalue weighted by Crippen LogP contribution is 2.27. The van der Waals surface area contributed by atoms with Gasteiger partial charge in [0.15, 0.2) is 0 Å². The SMILES string of the molecule is CCN(Cc1ccnc(Cl)c1)C1CC1. The van der Waals surface area contributed by atoms with Crippen LogP contribution in [0.5, 0.6) is 0 Å². The summed E-state index contributed by atoms with van der Waals surface area (Å²) in [6, 6.07) is 4.80. The van der Waals surface area contributed by atoms with Gasteiger partial charge in [0.1, 0.15) is 5.15 Å². The van der Waals surface area contributed by atoms with Crippen molar-refractivity contribution in [3.8, 4) is 0 Å². The van der Waals surface area contributed by atoms with Crippen molar-refractivity contribution in [2.75, 3.05) is 6.54 Å². The Balaban J connectivity index is 2.01. The molecule has 2 rings (SSSR count). The van der Waals surface area contributed by atoms with Crippen LogP contribution >= 0.6 is 11.6 Å². The molecule has 1 aliphatic carbocycles. The van der Waals surface area contributed by atoms with Gasteiger partial charge in [-0.15, -0.1) is 0 Å². The van der Waals surface area contributed by atoms with Crippen LogP contribution in [0.4, 0.5) is 0 Å². The Kier molecular flexibility index (Phi) is 3.04. The van der Waals surface area contributed by atoms with Gasteiger partial charge in [-0.25, -0.2) is 4.98 Å². The zero-order chi connectivity index (χ0) is 9.97. The Morgan fingerprint density at radius 3 is 2.93 bits per heavy atom. The zero-order valence-corrected chi connectivity index (χ0v) is 9.17. The van der Waals surface area contributed by atoms with Gasteiger partial charge in [-0.2, -0.15) is 0 Å². The Morgan fingerprint density at radius 2 is 2.36 bits per heavy atom. The van der Waals surface area contributed by atoms with Gasteiger partial charge in [0.25, 0.3) is 0 Å². The molecule has 76 valence electrons. The molecule has 1 aromatic rings. The third-order valence-electron chi connectivity index (χ3n) is 2.65. The van der Waals surface area contributed by atoms with Crippen molar-refractivity contribution in [1.82, 2.24) is 9.88 Å². The van der Waals surface area contributed by atoms with E-state index in [2.05, 4.69) is 16.8 Å². The molecule has 1 aliphatic rings. The smallest absolute Gasteiger partial charge is 0.129 e. The van der Waals surface area contributed by atoms with E-state index < -0.39 is 0 Å². The van der Waals surface area contributed by atoms with E-state index in [4.69, 9.17) is 11.6 Å². The molecule has 0 aromatic carbocycles. The molecule has 0 aliphatic heterocycles. The van der Waals surface area contributed by atoms with Crippen LogP contribution in [-0.2, 0) is 6.54 Å². The van der Waals surface area contributed by atoms with Gasteiger partial charge in [0.05, 0.1) is 0 Å².